The second-order valence-corrected chi connectivity index (χ2v) is 4.59. The lowest BCUT2D eigenvalue weighted by Gasteiger charge is -2.11. The van der Waals surface area contributed by atoms with Crippen molar-refractivity contribution in [1.82, 2.24) is 0 Å². The average Bonchev–Trinajstić information content (AvgIpc) is 2.43. The molecule has 0 spiro atoms. The number of carboxylic acids is 1. The normalized spacial score (nSPS) is 10.4. The van der Waals surface area contributed by atoms with E-state index in [-0.39, 0.29) is 29.5 Å². The predicted octanol–water partition coefficient (Wildman–Crippen LogP) is 3.14. The molecule has 0 aliphatic heterocycles. The molecular formula is C13H16ClNO6. The Labute approximate surface area is 126 Å². The van der Waals surface area contributed by atoms with Gasteiger partial charge in [0.25, 0.3) is 5.69 Å². The summed E-state index contributed by atoms with van der Waals surface area (Å²) in [6.45, 7) is 3.03. The van der Waals surface area contributed by atoms with Crippen molar-refractivity contribution < 1.29 is 24.3 Å². The Morgan fingerprint density at radius 2 is 2.10 bits per heavy atom. The monoisotopic (exact) mass is 317 g/mol. The summed E-state index contributed by atoms with van der Waals surface area (Å²) < 4.78 is 10.6. The lowest BCUT2D eigenvalue weighted by atomic mass is 10.2. The highest BCUT2D eigenvalue weighted by atomic mass is 35.5. The molecule has 21 heavy (non-hydrogen) atoms. The minimum atomic E-state index is -1.34. The number of nitro groups is 1. The molecule has 116 valence electrons. The number of nitrogens with zero attached hydrogens (tertiary/aromatic N) is 1. The first-order valence-corrected chi connectivity index (χ1v) is 6.77. The summed E-state index contributed by atoms with van der Waals surface area (Å²) in [6, 6.07) is 1.97. The van der Waals surface area contributed by atoms with Gasteiger partial charge in [0, 0.05) is 18.7 Å². The zero-order valence-corrected chi connectivity index (χ0v) is 12.3. The number of non-ortho nitro benzene ring substituents is 1. The molecular weight excluding hydrogens is 302 g/mol. The second kappa shape index (κ2) is 8.43. The number of rotatable bonds is 9. The van der Waals surface area contributed by atoms with Gasteiger partial charge in [-0.2, -0.15) is 0 Å². The topological polar surface area (TPSA) is 98.9 Å². The molecule has 1 rings (SSSR count). The van der Waals surface area contributed by atoms with Crippen LogP contribution in [0.15, 0.2) is 12.1 Å². The molecule has 1 N–H and O–H groups in total. The average molecular weight is 318 g/mol. The van der Waals surface area contributed by atoms with Gasteiger partial charge in [0.05, 0.1) is 16.6 Å². The molecule has 0 unspecified atom stereocenters. The maximum absolute atomic E-state index is 11.1. The molecule has 1 aromatic rings. The number of hydrogen-bond acceptors (Lipinski definition) is 5. The first-order chi connectivity index (χ1) is 9.97. The summed E-state index contributed by atoms with van der Waals surface area (Å²) in [6.07, 6.45) is 1.94. The van der Waals surface area contributed by atoms with Crippen molar-refractivity contribution >= 4 is 23.3 Å². The number of nitro benzene ring substituents is 1. The fourth-order valence-electron chi connectivity index (χ4n) is 1.54. The van der Waals surface area contributed by atoms with Crippen molar-refractivity contribution in [3.8, 4) is 5.75 Å². The van der Waals surface area contributed by atoms with Crippen LogP contribution in [0.4, 0.5) is 5.69 Å². The van der Waals surface area contributed by atoms with Gasteiger partial charge in [-0.05, 0) is 6.42 Å². The molecule has 0 amide bonds. The van der Waals surface area contributed by atoms with E-state index in [4.69, 9.17) is 26.2 Å². The van der Waals surface area contributed by atoms with E-state index < -0.39 is 16.6 Å². The van der Waals surface area contributed by atoms with Gasteiger partial charge in [-0.25, -0.2) is 4.79 Å². The lowest BCUT2D eigenvalue weighted by molar-refractivity contribution is -0.384. The molecule has 0 aromatic heterocycles. The van der Waals surface area contributed by atoms with Gasteiger partial charge in [-0.3, -0.25) is 10.1 Å². The quantitative estimate of drug-likeness (QED) is 0.426. The van der Waals surface area contributed by atoms with Crippen LogP contribution in [-0.2, 0) is 4.74 Å². The van der Waals surface area contributed by atoms with E-state index in [1.165, 1.54) is 0 Å². The molecule has 0 radical (unpaired) electrons. The second-order valence-electron chi connectivity index (χ2n) is 4.18. The zero-order chi connectivity index (χ0) is 15.8. The van der Waals surface area contributed by atoms with Crippen LogP contribution in [0.1, 0.15) is 30.1 Å². The van der Waals surface area contributed by atoms with Crippen molar-refractivity contribution in [3.63, 3.8) is 0 Å². The summed E-state index contributed by atoms with van der Waals surface area (Å²) in [5.41, 5.74) is -0.744. The van der Waals surface area contributed by atoms with Crippen LogP contribution >= 0.6 is 11.6 Å². The number of benzene rings is 1. The van der Waals surface area contributed by atoms with Crippen molar-refractivity contribution in [2.24, 2.45) is 0 Å². The minimum Gasteiger partial charge on any atom is -0.489 e. The van der Waals surface area contributed by atoms with E-state index in [1.54, 1.807) is 0 Å². The Hall–Kier alpha value is -1.86. The van der Waals surface area contributed by atoms with Gasteiger partial charge in [-0.1, -0.05) is 24.9 Å². The number of halogens is 1. The Morgan fingerprint density at radius 1 is 1.38 bits per heavy atom. The van der Waals surface area contributed by atoms with E-state index in [1.807, 2.05) is 6.92 Å². The molecule has 1 aromatic carbocycles. The molecule has 0 bridgehead atoms. The van der Waals surface area contributed by atoms with E-state index in [0.717, 1.165) is 25.0 Å². The third-order valence-corrected chi connectivity index (χ3v) is 2.87. The van der Waals surface area contributed by atoms with Crippen LogP contribution in [0, 0.1) is 10.1 Å². The number of aromatic carboxylic acids is 1. The Kier molecular flexibility index (Phi) is 6.90. The molecule has 0 aliphatic carbocycles. The van der Waals surface area contributed by atoms with Gasteiger partial charge >= 0.3 is 5.97 Å². The zero-order valence-electron chi connectivity index (χ0n) is 11.5. The molecule has 0 fully saturated rings. The molecule has 0 aliphatic rings. The molecule has 0 saturated carbocycles. The Bertz CT molecular complexity index is 520. The third-order valence-electron chi connectivity index (χ3n) is 2.59. The van der Waals surface area contributed by atoms with Crippen molar-refractivity contribution in [2.75, 3.05) is 19.8 Å². The van der Waals surface area contributed by atoms with Gasteiger partial charge in [-0.15, -0.1) is 0 Å². The highest BCUT2D eigenvalue weighted by Gasteiger charge is 2.21. The summed E-state index contributed by atoms with van der Waals surface area (Å²) in [7, 11) is 0. The third kappa shape index (κ3) is 5.20. The summed E-state index contributed by atoms with van der Waals surface area (Å²) in [4.78, 5) is 21.1. The largest absolute Gasteiger partial charge is 0.489 e. The molecule has 8 heteroatoms. The first kappa shape index (κ1) is 17.2. The number of unbranched alkanes of at least 4 members (excludes halogenated alkanes) is 1. The van der Waals surface area contributed by atoms with Crippen LogP contribution in [0.2, 0.25) is 5.02 Å². The van der Waals surface area contributed by atoms with Gasteiger partial charge in [0.1, 0.15) is 12.2 Å². The summed E-state index contributed by atoms with van der Waals surface area (Å²) >= 11 is 5.85. The summed E-state index contributed by atoms with van der Waals surface area (Å²) in [5, 5.41) is 19.7. The number of ether oxygens (including phenoxy) is 2. The molecule has 0 atom stereocenters. The van der Waals surface area contributed by atoms with Crippen LogP contribution in [0.5, 0.6) is 5.75 Å². The fraction of sp³-hybridized carbons (Fsp3) is 0.462. The van der Waals surface area contributed by atoms with Crippen LogP contribution in [-0.4, -0.2) is 35.8 Å². The first-order valence-electron chi connectivity index (χ1n) is 6.39. The number of hydrogen-bond donors (Lipinski definition) is 1. The molecule has 7 nitrogen and oxygen atoms in total. The smallest absolute Gasteiger partial charge is 0.339 e. The number of carbonyl (C=O) groups is 1. The highest BCUT2D eigenvalue weighted by molar-refractivity contribution is 6.32. The fourth-order valence-corrected chi connectivity index (χ4v) is 1.81. The van der Waals surface area contributed by atoms with E-state index >= 15 is 0 Å². The van der Waals surface area contributed by atoms with Crippen molar-refractivity contribution in [3.05, 3.63) is 32.8 Å². The van der Waals surface area contributed by atoms with Gasteiger partial charge in [0.2, 0.25) is 0 Å². The van der Waals surface area contributed by atoms with E-state index in [0.29, 0.717) is 6.61 Å². The van der Waals surface area contributed by atoms with Gasteiger partial charge < -0.3 is 14.6 Å². The van der Waals surface area contributed by atoms with Crippen molar-refractivity contribution in [1.29, 1.82) is 0 Å². The molecule has 0 saturated heterocycles. The van der Waals surface area contributed by atoms with E-state index in [2.05, 4.69) is 0 Å². The Morgan fingerprint density at radius 3 is 2.67 bits per heavy atom. The number of carboxylic acid groups (broad SMARTS) is 1. The minimum absolute atomic E-state index is 0.0890. The highest BCUT2D eigenvalue weighted by Crippen LogP contribution is 2.33. The lowest BCUT2D eigenvalue weighted by Crippen LogP contribution is -2.11. The predicted molar refractivity (Wildman–Crippen MR) is 76.3 cm³/mol. The van der Waals surface area contributed by atoms with Crippen LogP contribution < -0.4 is 4.74 Å². The Balaban J connectivity index is 2.76. The van der Waals surface area contributed by atoms with Gasteiger partial charge in [0.15, 0.2) is 5.75 Å². The maximum atomic E-state index is 11.1. The van der Waals surface area contributed by atoms with Crippen molar-refractivity contribution in [2.45, 2.75) is 19.8 Å². The van der Waals surface area contributed by atoms with Crippen LogP contribution in [0.3, 0.4) is 0 Å². The molecule has 0 heterocycles. The standard InChI is InChI=1S/C13H16ClNO6/c1-2-3-4-20-5-6-21-12-10(13(16)17)7-9(15(18)19)8-11(12)14/h7-8H,2-6H2,1H3,(H,16,17). The summed E-state index contributed by atoms with van der Waals surface area (Å²) in [5.74, 6) is -1.43. The SMILES string of the molecule is CCCCOCCOc1c(Cl)cc([N+](=O)[O-])cc1C(=O)O. The van der Waals surface area contributed by atoms with Crippen LogP contribution in [0.25, 0.3) is 0 Å². The van der Waals surface area contributed by atoms with E-state index in [9.17, 15) is 14.9 Å². The maximum Gasteiger partial charge on any atom is 0.339 e.